The zero-order valence-corrected chi connectivity index (χ0v) is 16.8. The van der Waals surface area contributed by atoms with Crippen LogP contribution in [0.5, 0.6) is 5.75 Å². The number of aromatic hydroxyl groups is 1. The number of rotatable bonds is 1. The summed E-state index contributed by atoms with van der Waals surface area (Å²) in [4.78, 5) is 27.2. The van der Waals surface area contributed by atoms with Crippen molar-refractivity contribution >= 4 is 56.0 Å². The summed E-state index contributed by atoms with van der Waals surface area (Å²) < 4.78 is 0.202. The van der Waals surface area contributed by atoms with Crippen molar-refractivity contribution in [1.29, 1.82) is 0 Å². The van der Waals surface area contributed by atoms with E-state index in [1.165, 1.54) is 0 Å². The molecule has 0 fully saturated rings. The monoisotopic (exact) mass is 422 g/mol. The van der Waals surface area contributed by atoms with E-state index >= 15 is 0 Å². The Morgan fingerprint density at radius 1 is 0.806 bits per heavy atom. The van der Waals surface area contributed by atoms with Gasteiger partial charge in [-0.25, -0.2) is 9.97 Å². The summed E-state index contributed by atoms with van der Waals surface area (Å²) in [7, 11) is 0. The first-order valence-electron chi connectivity index (χ1n) is 9.67. The van der Waals surface area contributed by atoms with Crippen molar-refractivity contribution < 1.29 is 5.11 Å². The highest BCUT2D eigenvalue weighted by Gasteiger charge is 2.17. The average molecular weight is 422 g/mol. The topological polar surface area (TPSA) is 94.7 Å². The first-order chi connectivity index (χ1) is 15.1. The highest BCUT2D eigenvalue weighted by molar-refractivity contribution is 7.71. The van der Waals surface area contributed by atoms with Crippen LogP contribution in [0.2, 0.25) is 0 Å². The minimum atomic E-state index is -0.393. The van der Waals surface area contributed by atoms with Crippen LogP contribution in [0.4, 0.5) is 0 Å². The highest BCUT2D eigenvalue weighted by atomic mass is 32.1. The SMILES string of the molecule is O=c1[nH]c(=S)[nH]c2nc3c(cc(-c4c(O)ccc5ccccc45)c4ccccc43)nc12. The fourth-order valence-corrected chi connectivity index (χ4v) is 4.37. The molecule has 2 aromatic heterocycles. The molecule has 3 N–H and O–H groups in total. The maximum atomic E-state index is 12.4. The summed E-state index contributed by atoms with van der Waals surface area (Å²) in [5, 5.41) is 14.6. The van der Waals surface area contributed by atoms with E-state index in [9.17, 15) is 9.90 Å². The number of phenolic OH excluding ortho intramolecular Hbond substituents is 1. The highest BCUT2D eigenvalue weighted by Crippen LogP contribution is 2.41. The largest absolute Gasteiger partial charge is 0.507 e. The van der Waals surface area contributed by atoms with Gasteiger partial charge >= 0.3 is 0 Å². The van der Waals surface area contributed by atoms with E-state index < -0.39 is 5.56 Å². The second-order valence-corrected chi connectivity index (χ2v) is 7.76. The van der Waals surface area contributed by atoms with Crippen LogP contribution in [0.1, 0.15) is 0 Å². The van der Waals surface area contributed by atoms with Gasteiger partial charge in [0.1, 0.15) is 5.75 Å². The second kappa shape index (κ2) is 6.45. The van der Waals surface area contributed by atoms with Gasteiger partial charge in [0.25, 0.3) is 5.56 Å². The van der Waals surface area contributed by atoms with Gasteiger partial charge in [-0.1, -0.05) is 54.6 Å². The van der Waals surface area contributed by atoms with Gasteiger partial charge in [-0.15, -0.1) is 0 Å². The maximum Gasteiger partial charge on any atom is 0.279 e. The van der Waals surface area contributed by atoms with Crippen LogP contribution in [0, 0.1) is 4.77 Å². The Bertz CT molecular complexity index is 1800. The molecule has 0 amide bonds. The number of hydrogen-bond donors (Lipinski definition) is 3. The Balaban J connectivity index is 1.83. The smallest absolute Gasteiger partial charge is 0.279 e. The summed E-state index contributed by atoms with van der Waals surface area (Å²) in [6, 6.07) is 21.2. The fraction of sp³-hybridized carbons (Fsp3) is 0. The van der Waals surface area contributed by atoms with E-state index in [0.717, 1.165) is 32.7 Å². The molecule has 7 heteroatoms. The zero-order valence-electron chi connectivity index (χ0n) is 16.0. The number of nitrogens with one attached hydrogen (secondary N) is 2. The number of benzene rings is 4. The third kappa shape index (κ3) is 2.64. The lowest BCUT2D eigenvalue weighted by molar-refractivity contribution is 0.478. The summed E-state index contributed by atoms with van der Waals surface area (Å²) >= 11 is 5.08. The first kappa shape index (κ1) is 17.7. The lowest BCUT2D eigenvalue weighted by atomic mass is 9.92. The summed E-state index contributed by atoms with van der Waals surface area (Å²) in [5.41, 5.74) is 2.89. The van der Waals surface area contributed by atoms with Gasteiger partial charge in [-0.2, -0.15) is 0 Å². The van der Waals surface area contributed by atoms with Crippen LogP contribution in [0.25, 0.3) is 54.9 Å². The number of H-pyrrole nitrogens is 2. The van der Waals surface area contributed by atoms with Crippen LogP contribution < -0.4 is 5.56 Å². The minimum absolute atomic E-state index is 0.180. The third-order valence-electron chi connectivity index (χ3n) is 5.53. The van der Waals surface area contributed by atoms with Gasteiger partial charge in [-0.3, -0.25) is 9.78 Å². The van der Waals surface area contributed by atoms with Crippen LogP contribution >= 0.6 is 12.2 Å². The van der Waals surface area contributed by atoms with Gasteiger partial charge in [0.15, 0.2) is 15.9 Å². The van der Waals surface area contributed by atoms with Crippen molar-refractivity contribution in [2.75, 3.05) is 0 Å². The maximum absolute atomic E-state index is 12.4. The molecule has 0 spiro atoms. The van der Waals surface area contributed by atoms with E-state index in [4.69, 9.17) is 12.2 Å². The van der Waals surface area contributed by atoms with E-state index in [2.05, 4.69) is 19.9 Å². The van der Waals surface area contributed by atoms with Crippen LogP contribution in [0.15, 0.2) is 71.5 Å². The van der Waals surface area contributed by atoms with Gasteiger partial charge in [0.2, 0.25) is 0 Å². The lowest BCUT2D eigenvalue weighted by Gasteiger charge is -2.14. The third-order valence-corrected chi connectivity index (χ3v) is 5.73. The van der Waals surface area contributed by atoms with Crippen molar-refractivity contribution in [1.82, 2.24) is 19.9 Å². The molecule has 6 rings (SSSR count). The predicted octanol–water partition coefficient (Wildman–Crippen LogP) is 5.21. The minimum Gasteiger partial charge on any atom is -0.507 e. The molecular formula is C24H14N4O2S. The standard InChI is InChI=1S/C24H14N4O2S/c29-18-10-9-12-5-1-2-6-13(12)19(18)16-11-17-20(15-8-4-3-7-14(15)16)26-22-21(25-17)23(30)28-24(31)27-22/h1-11,29H,(H2,26,27,28,30,31). The molecule has 0 bridgehead atoms. The van der Waals surface area contributed by atoms with Crippen LogP contribution in [-0.4, -0.2) is 25.0 Å². The summed E-state index contributed by atoms with van der Waals surface area (Å²) in [6.07, 6.45) is 0. The average Bonchev–Trinajstić information content (AvgIpc) is 2.78. The van der Waals surface area contributed by atoms with E-state index in [-0.39, 0.29) is 16.0 Å². The Morgan fingerprint density at radius 2 is 1.55 bits per heavy atom. The fourth-order valence-electron chi connectivity index (χ4n) is 4.18. The molecule has 0 aliphatic rings. The second-order valence-electron chi connectivity index (χ2n) is 7.35. The number of hydrogen-bond acceptors (Lipinski definition) is 5. The molecule has 4 aromatic carbocycles. The van der Waals surface area contributed by atoms with Gasteiger partial charge in [-0.05, 0) is 46.1 Å². The molecule has 0 unspecified atom stereocenters. The zero-order chi connectivity index (χ0) is 21.1. The molecule has 31 heavy (non-hydrogen) atoms. The normalized spacial score (nSPS) is 11.6. The lowest BCUT2D eigenvalue weighted by Crippen LogP contribution is -2.10. The molecule has 0 saturated carbocycles. The first-order valence-corrected chi connectivity index (χ1v) is 10.1. The summed E-state index contributed by atoms with van der Waals surface area (Å²) in [6.45, 7) is 0. The predicted molar refractivity (Wildman–Crippen MR) is 125 cm³/mol. The van der Waals surface area contributed by atoms with Crippen molar-refractivity contribution in [3.63, 3.8) is 0 Å². The Kier molecular flexibility index (Phi) is 3.69. The van der Waals surface area contributed by atoms with Crippen molar-refractivity contribution in [2.45, 2.75) is 0 Å². The molecule has 2 heterocycles. The summed E-state index contributed by atoms with van der Waals surface area (Å²) in [5.74, 6) is 0.180. The molecule has 0 aliphatic heterocycles. The van der Waals surface area contributed by atoms with Crippen molar-refractivity contribution in [2.24, 2.45) is 0 Å². The number of aromatic nitrogens is 4. The van der Waals surface area contributed by atoms with Gasteiger partial charge in [0, 0.05) is 10.9 Å². The van der Waals surface area contributed by atoms with E-state index in [0.29, 0.717) is 16.7 Å². The van der Waals surface area contributed by atoms with Crippen molar-refractivity contribution in [3.8, 4) is 16.9 Å². The van der Waals surface area contributed by atoms with E-state index in [1.807, 2.05) is 60.7 Å². The molecule has 0 radical (unpaired) electrons. The number of aromatic amines is 2. The number of fused-ring (bicyclic) bond motifs is 5. The molecule has 0 aliphatic carbocycles. The Hall–Kier alpha value is -4.10. The Labute approximate surface area is 179 Å². The Morgan fingerprint density at radius 3 is 2.39 bits per heavy atom. The van der Waals surface area contributed by atoms with Crippen LogP contribution in [0.3, 0.4) is 0 Å². The number of nitrogens with zero attached hydrogens (tertiary/aromatic N) is 2. The number of phenols is 1. The molecule has 0 atom stereocenters. The van der Waals surface area contributed by atoms with Crippen molar-refractivity contribution in [3.05, 3.63) is 81.9 Å². The molecule has 6 aromatic rings. The molecule has 148 valence electrons. The van der Waals surface area contributed by atoms with Gasteiger partial charge < -0.3 is 10.1 Å². The van der Waals surface area contributed by atoms with E-state index in [1.54, 1.807) is 6.07 Å². The molecular weight excluding hydrogens is 408 g/mol. The van der Waals surface area contributed by atoms with Crippen LogP contribution in [-0.2, 0) is 0 Å². The van der Waals surface area contributed by atoms with Gasteiger partial charge in [0.05, 0.1) is 11.0 Å². The quantitative estimate of drug-likeness (QED) is 0.192. The molecule has 6 nitrogen and oxygen atoms in total. The molecule has 0 saturated heterocycles.